The van der Waals surface area contributed by atoms with Gasteiger partial charge in [0.1, 0.15) is 5.75 Å². The van der Waals surface area contributed by atoms with Crippen LogP contribution in [0.15, 0.2) is 42.5 Å². The normalized spacial score (nSPS) is 10.3. The fourth-order valence-corrected chi connectivity index (χ4v) is 2.46. The van der Waals surface area contributed by atoms with E-state index in [9.17, 15) is 0 Å². The van der Waals surface area contributed by atoms with Gasteiger partial charge in [0.05, 0.1) is 20.3 Å². The highest BCUT2D eigenvalue weighted by Gasteiger charge is 2.06. The maximum Gasteiger partial charge on any atom is 0.171 e. The van der Waals surface area contributed by atoms with Crippen molar-refractivity contribution in [2.24, 2.45) is 0 Å². The second-order valence-corrected chi connectivity index (χ2v) is 6.10. The first-order valence-electron chi connectivity index (χ1n) is 8.04. The minimum Gasteiger partial charge on any atom is -0.493 e. The van der Waals surface area contributed by atoms with E-state index in [1.807, 2.05) is 56.3 Å². The Morgan fingerprint density at radius 1 is 1.04 bits per heavy atom. The molecule has 0 saturated heterocycles. The molecule has 0 bridgehead atoms. The van der Waals surface area contributed by atoms with Crippen molar-refractivity contribution in [2.75, 3.05) is 19.5 Å². The molecule has 2 rings (SSSR count). The standard InChI is InChI=1S/C19H24N2O3S/c1-13(2)24-16-7-5-6-14(10-16)12-20-19(25)21-15-8-9-17(22-3)18(11-15)23-4/h5-11,13H,12H2,1-4H3,(H2,20,21,25). The minimum absolute atomic E-state index is 0.149. The minimum atomic E-state index is 0.149. The van der Waals surface area contributed by atoms with E-state index in [-0.39, 0.29) is 6.10 Å². The Morgan fingerprint density at radius 2 is 1.80 bits per heavy atom. The molecule has 0 spiro atoms. The zero-order valence-electron chi connectivity index (χ0n) is 15.0. The molecule has 0 aliphatic rings. The summed E-state index contributed by atoms with van der Waals surface area (Å²) in [5, 5.41) is 6.86. The second-order valence-electron chi connectivity index (χ2n) is 5.69. The zero-order chi connectivity index (χ0) is 18.2. The smallest absolute Gasteiger partial charge is 0.171 e. The topological polar surface area (TPSA) is 51.8 Å². The summed E-state index contributed by atoms with van der Waals surface area (Å²) in [7, 11) is 3.21. The van der Waals surface area contributed by atoms with Gasteiger partial charge in [-0.05, 0) is 55.9 Å². The van der Waals surface area contributed by atoms with Crippen molar-refractivity contribution in [1.82, 2.24) is 5.32 Å². The number of thiocarbonyl (C=S) groups is 1. The highest BCUT2D eigenvalue weighted by Crippen LogP contribution is 2.29. The van der Waals surface area contributed by atoms with Gasteiger partial charge >= 0.3 is 0 Å². The number of methoxy groups -OCH3 is 2. The first kappa shape index (κ1) is 18.9. The first-order valence-corrected chi connectivity index (χ1v) is 8.45. The van der Waals surface area contributed by atoms with Crippen LogP contribution in [0.1, 0.15) is 19.4 Å². The van der Waals surface area contributed by atoms with Crippen LogP contribution in [0.25, 0.3) is 0 Å². The quantitative estimate of drug-likeness (QED) is 0.729. The molecular weight excluding hydrogens is 336 g/mol. The number of ether oxygens (including phenoxy) is 3. The van der Waals surface area contributed by atoms with Crippen molar-refractivity contribution in [3.8, 4) is 17.2 Å². The number of hydrogen-bond donors (Lipinski definition) is 2. The Labute approximate surface area is 154 Å². The van der Waals surface area contributed by atoms with E-state index in [4.69, 9.17) is 26.4 Å². The Bertz CT molecular complexity index is 720. The summed E-state index contributed by atoms with van der Waals surface area (Å²) in [5.41, 5.74) is 1.92. The highest BCUT2D eigenvalue weighted by atomic mass is 32.1. The molecule has 0 saturated carbocycles. The van der Waals surface area contributed by atoms with Gasteiger partial charge in [-0.2, -0.15) is 0 Å². The lowest BCUT2D eigenvalue weighted by atomic mass is 10.2. The van der Waals surface area contributed by atoms with Crippen LogP contribution in [0, 0.1) is 0 Å². The number of hydrogen-bond acceptors (Lipinski definition) is 4. The van der Waals surface area contributed by atoms with Crippen LogP contribution in [0.2, 0.25) is 0 Å². The predicted octanol–water partition coefficient (Wildman–Crippen LogP) is 3.98. The van der Waals surface area contributed by atoms with E-state index in [0.29, 0.717) is 23.2 Å². The second kappa shape index (κ2) is 9.13. The van der Waals surface area contributed by atoms with Gasteiger partial charge in [0.15, 0.2) is 16.6 Å². The van der Waals surface area contributed by atoms with Crippen molar-refractivity contribution < 1.29 is 14.2 Å². The average Bonchev–Trinajstić information content (AvgIpc) is 2.59. The molecule has 2 N–H and O–H groups in total. The molecule has 6 heteroatoms. The summed E-state index contributed by atoms with van der Waals surface area (Å²) in [6.45, 7) is 4.62. The van der Waals surface area contributed by atoms with Gasteiger partial charge in [-0.15, -0.1) is 0 Å². The molecule has 2 aromatic rings. The van der Waals surface area contributed by atoms with E-state index in [0.717, 1.165) is 17.0 Å². The molecule has 0 amide bonds. The highest BCUT2D eigenvalue weighted by molar-refractivity contribution is 7.80. The lowest BCUT2D eigenvalue weighted by Gasteiger charge is -2.14. The van der Waals surface area contributed by atoms with Gasteiger partial charge in [-0.3, -0.25) is 0 Å². The Hall–Kier alpha value is -2.47. The van der Waals surface area contributed by atoms with E-state index < -0.39 is 0 Å². The lowest BCUT2D eigenvalue weighted by Crippen LogP contribution is -2.27. The summed E-state index contributed by atoms with van der Waals surface area (Å²) in [6, 6.07) is 13.5. The molecule has 134 valence electrons. The molecule has 0 aromatic heterocycles. The van der Waals surface area contributed by atoms with Crippen molar-refractivity contribution >= 4 is 23.0 Å². The van der Waals surface area contributed by atoms with Gasteiger partial charge in [0.2, 0.25) is 0 Å². The van der Waals surface area contributed by atoms with Crippen LogP contribution in [0.4, 0.5) is 5.69 Å². The molecule has 0 atom stereocenters. The van der Waals surface area contributed by atoms with Crippen molar-refractivity contribution in [1.29, 1.82) is 0 Å². The van der Waals surface area contributed by atoms with E-state index in [1.54, 1.807) is 14.2 Å². The summed E-state index contributed by atoms with van der Waals surface area (Å²) >= 11 is 5.35. The van der Waals surface area contributed by atoms with E-state index in [1.165, 1.54) is 0 Å². The van der Waals surface area contributed by atoms with Crippen LogP contribution in [-0.4, -0.2) is 25.4 Å². The number of benzene rings is 2. The molecule has 25 heavy (non-hydrogen) atoms. The maximum atomic E-state index is 5.70. The molecule has 2 aromatic carbocycles. The largest absolute Gasteiger partial charge is 0.493 e. The van der Waals surface area contributed by atoms with Crippen LogP contribution in [0.5, 0.6) is 17.2 Å². The van der Waals surface area contributed by atoms with E-state index in [2.05, 4.69) is 10.6 Å². The van der Waals surface area contributed by atoms with Gasteiger partial charge in [-0.25, -0.2) is 0 Å². The summed E-state index contributed by atoms with van der Waals surface area (Å²) in [5.74, 6) is 2.18. The SMILES string of the molecule is COc1ccc(NC(=S)NCc2cccc(OC(C)C)c2)cc1OC. The molecule has 0 fully saturated rings. The molecule has 0 unspecified atom stereocenters. The molecule has 0 aliphatic heterocycles. The molecule has 0 aliphatic carbocycles. The molecular formula is C19H24N2O3S. The molecule has 0 heterocycles. The van der Waals surface area contributed by atoms with Gasteiger partial charge in [0.25, 0.3) is 0 Å². The third-order valence-electron chi connectivity index (χ3n) is 3.36. The first-order chi connectivity index (χ1) is 12.0. The van der Waals surface area contributed by atoms with Crippen molar-refractivity contribution in [3.63, 3.8) is 0 Å². The predicted molar refractivity (Wildman–Crippen MR) is 105 cm³/mol. The van der Waals surface area contributed by atoms with Crippen LogP contribution >= 0.6 is 12.2 Å². The van der Waals surface area contributed by atoms with E-state index >= 15 is 0 Å². The third-order valence-corrected chi connectivity index (χ3v) is 3.61. The zero-order valence-corrected chi connectivity index (χ0v) is 15.8. The van der Waals surface area contributed by atoms with Crippen LogP contribution in [0.3, 0.4) is 0 Å². The maximum absolute atomic E-state index is 5.70. The summed E-state index contributed by atoms with van der Waals surface area (Å²) < 4.78 is 16.2. The lowest BCUT2D eigenvalue weighted by molar-refractivity contribution is 0.242. The van der Waals surface area contributed by atoms with Gasteiger partial charge in [0, 0.05) is 18.3 Å². The number of anilines is 1. The monoisotopic (exact) mass is 360 g/mol. The van der Waals surface area contributed by atoms with Gasteiger partial charge in [-0.1, -0.05) is 12.1 Å². The Balaban J connectivity index is 1.92. The fourth-order valence-electron chi connectivity index (χ4n) is 2.27. The van der Waals surface area contributed by atoms with Crippen LogP contribution < -0.4 is 24.8 Å². The number of rotatable bonds is 7. The average molecular weight is 360 g/mol. The summed E-state index contributed by atoms with van der Waals surface area (Å²) in [4.78, 5) is 0. The number of nitrogens with one attached hydrogen (secondary N) is 2. The van der Waals surface area contributed by atoms with Crippen molar-refractivity contribution in [3.05, 3.63) is 48.0 Å². The molecule has 0 radical (unpaired) electrons. The fraction of sp³-hybridized carbons (Fsp3) is 0.316. The Kier molecular flexibility index (Phi) is 6.89. The van der Waals surface area contributed by atoms with Crippen molar-refractivity contribution in [2.45, 2.75) is 26.5 Å². The third kappa shape index (κ3) is 5.83. The van der Waals surface area contributed by atoms with Gasteiger partial charge < -0.3 is 24.8 Å². The summed E-state index contributed by atoms with van der Waals surface area (Å²) in [6.07, 6.45) is 0.149. The molecule has 5 nitrogen and oxygen atoms in total. The van der Waals surface area contributed by atoms with Crippen LogP contribution in [-0.2, 0) is 6.54 Å². The Morgan fingerprint density at radius 3 is 2.48 bits per heavy atom.